The van der Waals surface area contributed by atoms with Crippen LogP contribution < -0.4 is 4.90 Å². The van der Waals surface area contributed by atoms with E-state index in [-0.39, 0.29) is 5.91 Å². The lowest BCUT2D eigenvalue weighted by Crippen LogP contribution is -2.48. The number of rotatable bonds is 2. The molecule has 0 aliphatic carbocycles. The molecule has 1 amide bonds. The molecule has 1 aromatic carbocycles. The van der Waals surface area contributed by atoms with Gasteiger partial charge in [0, 0.05) is 38.7 Å². The van der Waals surface area contributed by atoms with Crippen LogP contribution in [0.4, 0.5) is 6.01 Å². The molecular formula is C14H14Cl2N4O2. The first-order chi connectivity index (χ1) is 10.5. The molecule has 0 atom stereocenters. The number of anilines is 1. The average Bonchev–Trinajstić information content (AvgIpc) is 2.96. The van der Waals surface area contributed by atoms with Crippen molar-refractivity contribution in [3.05, 3.63) is 39.7 Å². The van der Waals surface area contributed by atoms with E-state index in [2.05, 4.69) is 10.2 Å². The van der Waals surface area contributed by atoms with Gasteiger partial charge in [-0.2, -0.15) is 0 Å². The fourth-order valence-electron chi connectivity index (χ4n) is 2.33. The molecule has 1 fully saturated rings. The van der Waals surface area contributed by atoms with Crippen LogP contribution in [0.2, 0.25) is 10.0 Å². The third-order valence-electron chi connectivity index (χ3n) is 3.52. The number of piperazine rings is 1. The van der Waals surface area contributed by atoms with E-state index in [1.54, 1.807) is 30.0 Å². The minimum absolute atomic E-state index is 0.0556. The first-order valence-corrected chi connectivity index (χ1v) is 7.59. The Balaban J connectivity index is 1.65. The molecule has 6 nitrogen and oxygen atoms in total. The molecule has 0 spiro atoms. The van der Waals surface area contributed by atoms with Crippen molar-refractivity contribution in [2.45, 2.75) is 6.92 Å². The van der Waals surface area contributed by atoms with E-state index in [1.165, 1.54) is 0 Å². The van der Waals surface area contributed by atoms with E-state index < -0.39 is 0 Å². The number of hydrogen-bond acceptors (Lipinski definition) is 5. The maximum Gasteiger partial charge on any atom is 0.318 e. The van der Waals surface area contributed by atoms with Crippen LogP contribution in [0.25, 0.3) is 0 Å². The highest BCUT2D eigenvalue weighted by molar-refractivity contribution is 6.42. The lowest BCUT2D eigenvalue weighted by Gasteiger charge is -2.33. The Morgan fingerprint density at radius 1 is 1.14 bits per heavy atom. The van der Waals surface area contributed by atoms with Crippen molar-refractivity contribution >= 4 is 35.1 Å². The third kappa shape index (κ3) is 3.03. The van der Waals surface area contributed by atoms with Crippen LogP contribution in [0.3, 0.4) is 0 Å². The molecule has 1 aromatic heterocycles. The van der Waals surface area contributed by atoms with Gasteiger partial charge < -0.3 is 14.2 Å². The summed E-state index contributed by atoms with van der Waals surface area (Å²) in [6, 6.07) is 5.41. The van der Waals surface area contributed by atoms with Crippen molar-refractivity contribution in [2.24, 2.45) is 0 Å². The molecule has 0 bridgehead atoms. The Labute approximate surface area is 137 Å². The van der Waals surface area contributed by atoms with Crippen LogP contribution in [0, 0.1) is 6.92 Å². The minimum Gasteiger partial charge on any atom is -0.408 e. The van der Waals surface area contributed by atoms with E-state index >= 15 is 0 Å². The molecule has 1 aliphatic heterocycles. The second-order valence-corrected chi connectivity index (χ2v) is 5.83. The number of aryl methyl sites for hydroxylation is 1. The zero-order valence-corrected chi connectivity index (χ0v) is 13.4. The van der Waals surface area contributed by atoms with Crippen LogP contribution in [-0.4, -0.2) is 47.2 Å². The molecular weight excluding hydrogens is 327 g/mol. The van der Waals surface area contributed by atoms with Gasteiger partial charge in [0.15, 0.2) is 0 Å². The molecule has 1 aliphatic rings. The molecule has 3 rings (SSSR count). The second kappa shape index (κ2) is 6.14. The summed E-state index contributed by atoms with van der Waals surface area (Å²) in [5.74, 6) is 0.476. The van der Waals surface area contributed by atoms with E-state index in [0.29, 0.717) is 53.7 Å². The molecule has 2 aromatic rings. The van der Waals surface area contributed by atoms with E-state index in [4.69, 9.17) is 27.6 Å². The Morgan fingerprint density at radius 3 is 2.45 bits per heavy atom. The average molecular weight is 341 g/mol. The van der Waals surface area contributed by atoms with Crippen molar-refractivity contribution in [2.75, 3.05) is 31.1 Å². The zero-order chi connectivity index (χ0) is 15.7. The lowest BCUT2D eigenvalue weighted by atomic mass is 10.2. The number of carbonyl (C=O) groups excluding carboxylic acids is 1. The summed E-state index contributed by atoms with van der Waals surface area (Å²) < 4.78 is 5.40. The van der Waals surface area contributed by atoms with Crippen LogP contribution in [0.5, 0.6) is 0 Å². The second-order valence-electron chi connectivity index (χ2n) is 5.01. The standard InChI is InChI=1S/C14H14Cl2N4O2/c1-9-17-18-14(22-9)20-6-4-19(5-7-20)13(21)10-2-3-11(15)12(16)8-10/h2-3,8H,4-7H2,1H3. The summed E-state index contributed by atoms with van der Waals surface area (Å²) >= 11 is 11.8. The van der Waals surface area contributed by atoms with E-state index in [1.807, 2.05) is 4.90 Å². The number of aromatic nitrogens is 2. The fraction of sp³-hybridized carbons (Fsp3) is 0.357. The van der Waals surface area contributed by atoms with Crippen molar-refractivity contribution < 1.29 is 9.21 Å². The maximum atomic E-state index is 12.5. The normalized spacial score (nSPS) is 15.2. The fourth-order valence-corrected chi connectivity index (χ4v) is 2.62. The first kappa shape index (κ1) is 15.1. The number of hydrogen-bond donors (Lipinski definition) is 0. The topological polar surface area (TPSA) is 62.5 Å². The Kier molecular flexibility index (Phi) is 4.22. The molecule has 0 radical (unpaired) electrons. The van der Waals surface area contributed by atoms with Crippen LogP contribution >= 0.6 is 23.2 Å². The molecule has 0 unspecified atom stereocenters. The summed E-state index contributed by atoms with van der Waals surface area (Å²) in [5.41, 5.74) is 0.538. The molecule has 2 heterocycles. The summed E-state index contributed by atoms with van der Waals surface area (Å²) in [6.07, 6.45) is 0. The Bertz CT molecular complexity index is 696. The molecule has 8 heteroatoms. The summed E-state index contributed by atoms with van der Waals surface area (Å²) in [5, 5.41) is 8.63. The highest BCUT2D eigenvalue weighted by atomic mass is 35.5. The number of halogens is 2. The number of benzene rings is 1. The molecule has 22 heavy (non-hydrogen) atoms. The van der Waals surface area contributed by atoms with E-state index in [9.17, 15) is 4.79 Å². The van der Waals surface area contributed by atoms with Gasteiger partial charge in [-0.25, -0.2) is 0 Å². The van der Waals surface area contributed by atoms with Crippen molar-refractivity contribution in [1.29, 1.82) is 0 Å². The maximum absolute atomic E-state index is 12.5. The first-order valence-electron chi connectivity index (χ1n) is 6.84. The largest absolute Gasteiger partial charge is 0.408 e. The quantitative estimate of drug-likeness (QED) is 0.840. The Hall–Kier alpha value is -1.79. The van der Waals surface area contributed by atoms with Gasteiger partial charge in [0.05, 0.1) is 10.0 Å². The predicted octanol–water partition coefficient (Wildman–Crippen LogP) is 2.65. The van der Waals surface area contributed by atoms with Crippen molar-refractivity contribution in [3.63, 3.8) is 0 Å². The Morgan fingerprint density at radius 2 is 1.86 bits per heavy atom. The number of carbonyl (C=O) groups is 1. The smallest absolute Gasteiger partial charge is 0.318 e. The highest BCUT2D eigenvalue weighted by Gasteiger charge is 2.25. The van der Waals surface area contributed by atoms with Gasteiger partial charge in [0.1, 0.15) is 0 Å². The molecule has 0 saturated carbocycles. The van der Waals surface area contributed by atoms with Crippen molar-refractivity contribution in [1.82, 2.24) is 15.1 Å². The summed E-state index contributed by atoms with van der Waals surface area (Å²) in [4.78, 5) is 16.2. The highest BCUT2D eigenvalue weighted by Crippen LogP contribution is 2.24. The number of amides is 1. The van der Waals surface area contributed by atoms with Crippen molar-refractivity contribution in [3.8, 4) is 0 Å². The van der Waals surface area contributed by atoms with Gasteiger partial charge in [-0.15, -0.1) is 5.10 Å². The summed E-state index contributed by atoms with van der Waals surface area (Å²) in [6.45, 7) is 4.21. The van der Waals surface area contributed by atoms with Gasteiger partial charge in [-0.05, 0) is 18.2 Å². The lowest BCUT2D eigenvalue weighted by molar-refractivity contribution is 0.0745. The molecule has 0 N–H and O–H groups in total. The van der Waals surface area contributed by atoms with Gasteiger partial charge in [0.25, 0.3) is 5.91 Å². The molecule has 116 valence electrons. The van der Waals surface area contributed by atoms with Gasteiger partial charge in [-0.3, -0.25) is 4.79 Å². The van der Waals surface area contributed by atoms with E-state index in [0.717, 1.165) is 0 Å². The minimum atomic E-state index is -0.0556. The van der Waals surface area contributed by atoms with Gasteiger partial charge >= 0.3 is 6.01 Å². The van der Waals surface area contributed by atoms with Crippen LogP contribution in [-0.2, 0) is 0 Å². The van der Waals surface area contributed by atoms with Crippen LogP contribution in [0.1, 0.15) is 16.2 Å². The number of nitrogens with zero attached hydrogens (tertiary/aromatic N) is 4. The zero-order valence-electron chi connectivity index (χ0n) is 11.9. The summed E-state index contributed by atoms with van der Waals surface area (Å²) in [7, 11) is 0. The van der Waals surface area contributed by atoms with Gasteiger partial charge in [-0.1, -0.05) is 28.3 Å². The third-order valence-corrected chi connectivity index (χ3v) is 4.26. The molecule has 1 saturated heterocycles. The van der Waals surface area contributed by atoms with Crippen LogP contribution in [0.15, 0.2) is 22.6 Å². The monoisotopic (exact) mass is 340 g/mol. The predicted molar refractivity (Wildman–Crippen MR) is 83.6 cm³/mol. The SMILES string of the molecule is Cc1nnc(N2CCN(C(=O)c3ccc(Cl)c(Cl)c3)CC2)o1. The van der Waals surface area contributed by atoms with Gasteiger partial charge in [0.2, 0.25) is 5.89 Å².